The lowest BCUT2D eigenvalue weighted by Gasteiger charge is -2.36. The van der Waals surface area contributed by atoms with Crippen molar-refractivity contribution in [3.8, 4) is 5.75 Å². The van der Waals surface area contributed by atoms with Crippen LogP contribution in [0, 0.1) is 11.6 Å². The van der Waals surface area contributed by atoms with E-state index in [1.807, 2.05) is 0 Å². The van der Waals surface area contributed by atoms with Gasteiger partial charge in [0.05, 0.1) is 36.2 Å². The van der Waals surface area contributed by atoms with Gasteiger partial charge in [-0.1, -0.05) is 0 Å². The molecule has 0 aliphatic carbocycles. The molecule has 3 rings (SSSR count). The highest BCUT2D eigenvalue weighted by atomic mass is 32.2. The van der Waals surface area contributed by atoms with E-state index >= 15 is 4.39 Å². The number of alkyl halides is 3. The lowest BCUT2D eigenvalue weighted by atomic mass is 10.1. The Bertz CT molecular complexity index is 1370. The molecule has 0 radical (unpaired) electrons. The number of benzene rings is 2. The number of nitrogens with zero attached hydrogens (tertiary/aromatic N) is 1. The fourth-order valence-corrected chi connectivity index (χ4v) is 5.36. The number of carbonyl (C=O) groups is 2. The summed E-state index contributed by atoms with van der Waals surface area (Å²) in [5.41, 5.74) is -3.04. The predicted octanol–water partition coefficient (Wildman–Crippen LogP) is 4.78. The van der Waals surface area contributed by atoms with Crippen molar-refractivity contribution in [2.24, 2.45) is 0 Å². The molecule has 0 N–H and O–H groups in total. The van der Waals surface area contributed by atoms with Crippen LogP contribution in [0.2, 0.25) is 0 Å². The van der Waals surface area contributed by atoms with Crippen molar-refractivity contribution in [1.82, 2.24) is 0 Å². The Hall–Kier alpha value is -3.42. The smallest absolute Gasteiger partial charge is 0.419 e. The first-order valence-corrected chi connectivity index (χ1v) is 13.0. The van der Waals surface area contributed by atoms with E-state index in [1.54, 1.807) is 20.8 Å². The van der Waals surface area contributed by atoms with Gasteiger partial charge in [-0.3, -0.25) is 13.9 Å². The Morgan fingerprint density at radius 1 is 1.05 bits per heavy atom. The molecular formula is C25H26F5NO7S. The van der Waals surface area contributed by atoms with Crippen LogP contribution in [0.25, 0.3) is 0 Å². The van der Waals surface area contributed by atoms with E-state index in [0.29, 0.717) is 16.4 Å². The standard InChI is InChI=1S/C25H26F5NO7S/c1-24(2,3)38-22(33)11-14-9-19(27)23-20(10-14)31(13-15(37-23)5-8-21(32)36-4)39(34,35)16-6-7-18(26)17(12-16)25(28,29)30/h6-7,9-10,12,15H,5,8,11,13H2,1-4H3/t15-/m0/s1. The zero-order valence-corrected chi connectivity index (χ0v) is 22.2. The molecule has 0 bridgehead atoms. The number of fused-ring (bicyclic) bond motifs is 1. The first-order valence-electron chi connectivity index (χ1n) is 11.6. The molecule has 0 saturated carbocycles. The summed E-state index contributed by atoms with van der Waals surface area (Å²) in [5, 5.41) is 0. The van der Waals surface area contributed by atoms with Gasteiger partial charge in [-0.05, 0) is 63.1 Å². The van der Waals surface area contributed by atoms with Crippen LogP contribution >= 0.6 is 0 Å². The Morgan fingerprint density at radius 3 is 2.31 bits per heavy atom. The molecule has 0 unspecified atom stereocenters. The molecule has 1 aliphatic heterocycles. The maximum Gasteiger partial charge on any atom is 0.419 e. The Kier molecular flexibility index (Phi) is 8.49. The van der Waals surface area contributed by atoms with E-state index in [9.17, 15) is 35.6 Å². The average molecular weight is 580 g/mol. The van der Waals surface area contributed by atoms with Crippen molar-refractivity contribution in [3.63, 3.8) is 0 Å². The van der Waals surface area contributed by atoms with Gasteiger partial charge in [0.25, 0.3) is 10.0 Å². The lowest BCUT2D eigenvalue weighted by molar-refractivity contribution is -0.154. The minimum Gasteiger partial charge on any atom is -0.483 e. The highest BCUT2D eigenvalue weighted by Gasteiger charge is 2.40. The van der Waals surface area contributed by atoms with Crippen LogP contribution in [0.3, 0.4) is 0 Å². The molecule has 1 atom stereocenters. The van der Waals surface area contributed by atoms with Crippen molar-refractivity contribution in [2.75, 3.05) is 18.0 Å². The second-order valence-electron chi connectivity index (χ2n) is 9.72. The molecule has 14 heteroatoms. The number of hydrogen-bond acceptors (Lipinski definition) is 7. The number of carbonyl (C=O) groups excluding carboxylic acids is 2. The number of rotatable bonds is 7. The van der Waals surface area contributed by atoms with Gasteiger partial charge in [0.15, 0.2) is 11.6 Å². The van der Waals surface area contributed by atoms with Gasteiger partial charge >= 0.3 is 18.1 Å². The summed E-state index contributed by atoms with van der Waals surface area (Å²) in [6, 6.07) is 3.25. The number of ether oxygens (including phenoxy) is 3. The van der Waals surface area contributed by atoms with Gasteiger partial charge in [-0.25, -0.2) is 17.2 Å². The highest BCUT2D eigenvalue weighted by molar-refractivity contribution is 7.92. The summed E-state index contributed by atoms with van der Waals surface area (Å²) < 4.78 is 112. The van der Waals surface area contributed by atoms with Gasteiger partial charge < -0.3 is 14.2 Å². The van der Waals surface area contributed by atoms with Crippen LogP contribution in [0.4, 0.5) is 27.6 Å². The minimum absolute atomic E-state index is 0.00685. The van der Waals surface area contributed by atoms with E-state index in [0.717, 1.165) is 19.2 Å². The molecule has 0 amide bonds. The first-order chi connectivity index (χ1) is 17.9. The number of halogens is 5. The topological polar surface area (TPSA) is 99.2 Å². The van der Waals surface area contributed by atoms with Crippen LogP contribution in [0.1, 0.15) is 44.7 Å². The molecule has 0 fully saturated rings. The van der Waals surface area contributed by atoms with Gasteiger partial charge in [0.1, 0.15) is 17.5 Å². The van der Waals surface area contributed by atoms with Crippen LogP contribution in [-0.4, -0.2) is 45.7 Å². The van der Waals surface area contributed by atoms with Crippen LogP contribution in [-0.2, 0) is 41.7 Å². The monoisotopic (exact) mass is 579 g/mol. The molecule has 2 aromatic rings. The van der Waals surface area contributed by atoms with E-state index in [4.69, 9.17) is 9.47 Å². The SMILES string of the molecule is COC(=O)CC[C@H]1CN(S(=O)(=O)c2ccc(F)c(C(F)(F)F)c2)c2cc(CC(=O)OC(C)(C)C)cc(F)c2O1. The second-order valence-corrected chi connectivity index (χ2v) is 11.6. The predicted molar refractivity (Wildman–Crippen MR) is 128 cm³/mol. The van der Waals surface area contributed by atoms with Gasteiger partial charge in [0, 0.05) is 6.42 Å². The first kappa shape index (κ1) is 30.1. The van der Waals surface area contributed by atoms with E-state index in [2.05, 4.69) is 4.74 Å². The summed E-state index contributed by atoms with van der Waals surface area (Å²) in [6.45, 7) is 4.33. The molecule has 1 heterocycles. The maximum atomic E-state index is 15.2. The minimum atomic E-state index is -5.19. The molecule has 0 aromatic heterocycles. The zero-order valence-electron chi connectivity index (χ0n) is 21.4. The van der Waals surface area contributed by atoms with E-state index in [1.165, 1.54) is 0 Å². The van der Waals surface area contributed by atoms with Crippen molar-refractivity contribution in [2.45, 2.75) is 62.8 Å². The summed E-state index contributed by atoms with van der Waals surface area (Å²) in [4.78, 5) is 23.0. The van der Waals surface area contributed by atoms with Crippen LogP contribution in [0.5, 0.6) is 5.75 Å². The molecular weight excluding hydrogens is 553 g/mol. The lowest BCUT2D eigenvalue weighted by Crippen LogP contribution is -2.44. The third-order valence-electron chi connectivity index (χ3n) is 5.50. The normalized spacial score (nSPS) is 15.8. The Balaban J connectivity index is 2.10. The molecule has 8 nitrogen and oxygen atoms in total. The number of methoxy groups -OCH3 is 1. The molecule has 1 aliphatic rings. The van der Waals surface area contributed by atoms with Crippen molar-refractivity contribution >= 4 is 27.6 Å². The van der Waals surface area contributed by atoms with Crippen LogP contribution in [0.15, 0.2) is 35.2 Å². The van der Waals surface area contributed by atoms with Gasteiger partial charge in [-0.2, -0.15) is 13.2 Å². The highest BCUT2D eigenvalue weighted by Crippen LogP contribution is 2.42. The quantitative estimate of drug-likeness (QED) is 0.344. The maximum absolute atomic E-state index is 15.2. The number of hydrogen-bond donors (Lipinski definition) is 0. The molecule has 2 aromatic carbocycles. The Morgan fingerprint density at radius 2 is 1.72 bits per heavy atom. The third-order valence-corrected chi connectivity index (χ3v) is 7.28. The number of sulfonamides is 1. The van der Waals surface area contributed by atoms with Gasteiger partial charge in [-0.15, -0.1) is 0 Å². The third kappa shape index (κ3) is 7.16. The average Bonchev–Trinajstić information content (AvgIpc) is 2.80. The summed E-state index contributed by atoms with van der Waals surface area (Å²) in [7, 11) is -3.72. The largest absolute Gasteiger partial charge is 0.483 e. The van der Waals surface area contributed by atoms with Crippen LogP contribution < -0.4 is 9.04 Å². The van der Waals surface area contributed by atoms with Crippen molar-refractivity contribution in [1.29, 1.82) is 0 Å². The van der Waals surface area contributed by atoms with E-state index in [-0.39, 0.29) is 30.2 Å². The fourth-order valence-electron chi connectivity index (χ4n) is 3.84. The van der Waals surface area contributed by atoms with E-state index < -0.39 is 80.7 Å². The Labute approximate surface area is 221 Å². The number of esters is 2. The fraction of sp³-hybridized carbons (Fsp3) is 0.440. The summed E-state index contributed by atoms with van der Waals surface area (Å²) >= 11 is 0. The van der Waals surface area contributed by atoms with Gasteiger partial charge in [0.2, 0.25) is 0 Å². The molecule has 0 spiro atoms. The second kappa shape index (κ2) is 11.0. The van der Waals surface area contributed by atoms with Crippen molar-refractivity contribution < 1.29 is 54.2 Å². The van der Waals surface area contributed by atoms with Crippen molar-refractivity contribution in [3.05, 3.63) is 53.1 Å². The molecule has 39 heavy (non-hydrogen) atoms. The molecule has 214 valence electrons. The summed E-state index contributed by atoms with van der Waals surface area (Å²) in [5.74, 6) is -4.67. The molecule has 0 saturated heterocycles. The zero-order chi connectivity index (χ0) is 29.3. The summed E-state index contributed by atoms with van der Waals surface area (Å²) in [6.07, 6.45) is -7.07. The number of anilines is 1.